The Morgan fingerprint density at radius 3 is 2.69 bits per heavy atom. The van der Waals surface area contributed by atoms with E-state index >= 15 is 0 Å². The van der Waals surface area contributed by atoms with Gasteiger partial charge in [-0.2, -0.15) is 8.78 Å². The van der Waals surface area contributed by atoms with Crippen molar-refractivity contribution in [1.29, 1.82) is 0 Å². The molecule has 0 spiro atoms. The van der Waals surface area contributed by atoms with Gasteiger partial charge in [-0.15, -0.1) is 0 Å². The molecule has 1 rings (SSSR count). The minimum Gasteiger partial charge on any atom is -0.506 e. The van der Waals surface area contributed by atoms with Crippen LogP contribution in [0.2, 0.25) is 0 Å². The van der Waals surface area contributed by atoms with Gasteiger partial charge in [0, 0.05) is 7.11 Å². The first kappa shape index (κ1) is 9.85. The summed E-state index contributed by atoms with van der Waals surface area (Å²) in [5.74, 6) is -3.25. The first-order valence-corrected chi connectivity index (χ1v) is 3.58. The van der Waals surface area contributed by atoms with E-state index in [9.17, 15) is 8.78 Å². The second kappa shape index (κ2) is 3.66. The van der Waals surface area contributed by atoms with Crippen molar-refractivity contribution in [2.24, 2.45) is 0 Å². The van der Waals surface area contributed by atoms with Crippen LogP contribution in [0.5, 0.6) is 5.75 Å². The number of pyridine rings is 1. The largest absolute Gasteiger partial charge is 0.506 e. The van der Waals surface area contributed by atoms with Gasteiger partial charge >= 0.3 is 5.92 Å². The molecular weight excluding hydrogens is 180 g/mol. The minimum atomic E-state index is -3.11. The predicted molar refractivity (Wildman–Crippen MR) is 41.7 cm³/mol. The van der Waals surface area contributed by atoms with Crippen molar-refractivity contribution in [2.75, 3.05) is 13.7 Å². The van der Waals surface area contributed by atoms with Gasteiger partial charge in [-0.3, -0.25) is 4.98 Å². The molecule has 0 fully saturated rings. The molecule has 0 saturated heterocycles. The summed E-state index contributed by atoms with van der Waals surface area (Å²) < 4.78 is 30.4. The average Bonchev–Trinajstić information content (AvgIpc) is 2.05. The van der Waals surface area contributed by atoms with E-state index < -0.39 is 18.2 Å². The van der Waals surface area contributed by atoms with Crippen LogP contribution in [0.3, 0.4) is 0 Å². The van der Waals surface area contributed by atoms with Crippen molar-refractivity contribution >= 4 is 0 Å². The summed E-state index contributed by atoms with van der Waals surface area (Å²) in [6.07, 6.45) is 0.971. The molecule has 0 bridgehead atoms. The molecule has 1 heterocycles. The third-order valence-electron chi connectivity index (χ3n) is 1.45. The summed E-state index contributed by atoms with van der Waals surface area (Å²) in [6.45, 7) is -0.717. The second-order valence-corrected chi connectivity index (χ2v) is 2.54. The fourth-order valence-corrected chi connectivity index (χ4v) is 0.858. The zero-order valence-corrected chi connectivity index (χ0v) is 7.00. The first-order chi connectivity index (χ1) is 6.06. The van der Waals surface area contributed by atoms with E-state index in [1.54, 1.807) is 0 Å². The van der Waals surface area contributed by atoms with Gasteiger partial charge in [-0.1, -0.05) is 0 Å². The standard InChI is InChI=1S/C8H9F2NO2/c1-13-5-8(9,10)7-3-2-6(12)4-11-7/h2-4,12H,5H2,1H3. The highest BCUT2D eigenvalue weighted by atomic mass is 19.3. The smallest absolute Gasteiger partial charge is 0.312 e. The SMILES string of the molecule is COCC(F)(F)c1ccc(O)cn1. The summed E-state index contributed by atoms with van der Waals surface area (Å²) in [6, 6.07) is 2.22. The van der Waals surface area contributed by atoms with Gasteiger partial charge in [0.25, 0.3) is 0 Å². The monoisotopic (exact) mass is 189 g/mol. The van der Waals surface area contributed by atoms with Crippen LogP contribution in [-0.4, -0.2) is 23.8 Å². The summed E-state index contributed by atoms with van der Waals surface area (Å²) in [4.78, 5) is 3.39. The number of ether oxygens (including phenoxy) is 1. The molecule has 0 atom stereocenters. The minimum absolute atomic E-state index is 0.142. The normalized spacial score (nSPS) is 11.6. The molecule has 1 aromatic rings. The third-order valence-corrected chi connectivity index (χ3v) is 1.45. The molecule has 13 heavy (non-hydrogen) atoms. The van der Waals surface area contributed by atoms with E-state index in [2.05, 4.69) is 9.72 Å². The van der Waals surface area contributed by atoms with Crippen LogP contribution in [0.25, 0.3) is 0 Å². The molecule has 3 nitrogen and oxygen atoms in total. The van der Waals surface area contributed by atoms with Gasteiger partial charge in [-0.25, -0.2) is 0 Å². The lowest BCUT2D eigenvalue weighted by Gasteiger charge is -2.13. The predicted octanol–water partition coefficient (Wildman–Crippen LogP) is 1.53. The van der Waals surface area contributed by atoms with Crippen molar-refractivity contribution in [2.45, 2.75) is 5.92 Å². The van der Waals surface area contributed by atoms with Gasteiger partial charge in [0.2, 0.25) is 0 Å². The lowest BCUT2D eigenvalue weighted by molar-refractivity contribution is -0.0731. The maximum Gasteiger partial charge on any atom is 0.312 e. The van der Waals surface area contributed by atoms with E-state index in [4.69, 9.17) is 5.11 Å². The van der Waals surface area contributed by atoms with Crippen molar-refractivity contribution in [3.63, 3.8) is 0 Å². The fraction of sp³-hybridized carbons (Fsp3) is 0.375. The number of aromatic hydroxyl groups is 1. The molecule has 5 heteroatoms. The van der Waals surface area contributed by atoms with E-state index in [-0.39, 0.29) is 5.75 Å². The number of aromatic nitrogens is 1. The number of alkyl halides is 2. The lowest BCUT2D eigenvalue weighted by Crippen LogP contribution is -2.21. The van der Waals surface area contributed by atoms with Crippen LogP contribution in [0, 0.1) is 0 Å². The quantitative estimate of drug-likeness (QED) is 0.783. The maximum atomic E-state index is 13.0. The van der Waals surface area contributed by atoms with Crippen LogP contribution in [-0.2, 0) is 10.7 Å². The molecule has 1 aromatic heterocycles. The Kier molecular flexibility index (Phi) is 2.77. The van der Waals surface area contributed by atoms with Gasteiger partial charge in [0.15, 0.2) is 0 Å². The number of rotatable bonds is 3. The third kappa shape index (κ3) is 2.35. The van der Waals surface area contributed by atoms with E-state index in [0.717, 1.165) is 18.3 Å². The van der Waals surface area contributed by atoms with E-state index in [1.807, 2.05) is 0 Å². The second-order valence-electron chi connectivity index (χ2n) is 2.54. The van der Waals surface area contributed by atoms with Crippen molar-refractivity contribution in [3.8, 4) is 5.75 Å². The zero-order chi connectivity index (χ0) is 9.90. The molecule has 0 amide bonds. The van der Waals surface area contributed by atoms with Gasteiger partial charge in [0.1, 0.15) is 18.1 Å². The average molecular weight is 189 g/mol. The van der Waals surface area contributed by atoms with E-state index in [1.165, 1.54) is 7.11 Å². The molecular formula is C8H9F2NO2. The van der Waals surface area contributed by atoms with Crippen LogP contribution in [0.4, 0.5) is 8.78 Å². The summed E-state index contributed by atoms with van der Waals surface area (Å²) in [7, 11) is 1.19. The van der Waals surface area contributed by atoms with Crippen LogP contribution >= 0.6 is 0 Å². The number of methoxy groups -OCH3 is 1. The lowest BCUT2D eigenvalue weighted by atomic mass is 10.2. The maximum absolute atomic E-state index is 13.0. The number of nitrogens with zero attached hydrogens (tertiary/aromatic N) is 1. The zero-order valence-electron chi connectivity index (χ0n) is 7.00. The van der Waals surface area contributed by atoms with Crippen LogP contribution < -0.4 is 0 Å². The Bertz CT molecular complexity index is 274. The Hall–Kier alpha value is -1.23. The van der Waals surface area contributed by atoms with Gasteiger partial charge in [0.05, 0.1) is 6.20 Å². The molecule has 0 aliphatic rings. The summed E-state index contributed by atoms with van der Waals surface area (Å²) in [5, 5.41) is 8.81. The highest BCUT2D eigenvalue weighted by Gasteiger charge is 2.32. The fourth-order valence-electron chi connectivity index (χ4n) is 0.858. The molecule has 0 radical (unpaired) electrons. The number of hydrogen-bond acceptors (Lipinski definition) is 3. The van der Waals surface area contributed by atoms with Crippen molar-refractivity contribution < 1.29 is 18.6 Å². The van der Waals surface area contributed by atoms with Crippen LogP contribution in [0.1, 0.15) is 5.69 Å². The highest BCUT2D eigenvalue weighted by Crippen LogP contribution is 2.26. The molecule has 0 aliphatic heterocycles. The topological polar surface area (TPSA) is 42.4 Å². The number of halogens is 2. The van der Waals surface area contributed by atoms with Crippen molar-refractivity contribution in [3.05, 3.63) is 24.0 Å². The molecule has 1 N–H and O–H groups in total. The van der Waals surface area contributed by atoms with Gasteiger partial charge < -0.3 is 9.84 Å². The Morgan fingerprint density at radius 2 is 2.23 bits per heavy atom. The molecule has 0 aliphatic carbocycles. The Labute approximate surface area is 74.0 Å². The highest BCUT2D eigenvalue weighted by molar-refractivity contribution is 5.20. The molecule has 72 valence electrons. The summed E-state index contributed by atoms with van der Waals surface area (Å²) >= 11 is 0. The van der Waals surface area contributed by atoms with E-state index in [0.29, 0.717) is 0 Å². The van der Waals surface area contributed by atoms with Crippen molar-refractivity contribution in [1.82, 2.24) is 4.98 Å². The molecule has 0 aromatic carbocycles. The van der Waals surface area contributed by atoms with Gasteiger partial charge in [-0.05, 0) is 12.1 Å². The Balaban J connectivity index is 2.87. The van der Waals surface area contributed by atoms with Crippen LogP contribution in [0.15, 0.2) is 18.3 Å². The summed E-state index contributed by atoms with van der Waals surface area (Å²) in [5.41, 5.74) is -0.410. The number of hydrogen-bond donors (Lipinski definition) is 1. The Morgan fingerprint density at radius 1 is 1.54 bits per heavy atom. The first-order valence-electron chi connectivity index (χ1n) is 3.58. The molecule has 0 saturated carbocycles. The molecule has 0 unspecified atom stereocenters.